The number of nitrogens with zero attached hydrogens (tertiary/aromatic N) is 1. The van der Waals surface area contributed by atoms with Crippen LogP contribution in [0.1, 0.15) is 32.9 Å². The topological polar surface area (TPSA) is 106 Å². The van der Waals surface area contributed by atoms with Gasteiger partial charge in [0.1, 0.15) is 0 Å². The summed E-state index contributed by atoms with van der Waals surface area (Å²) < 4.78 is 0. The largest absolute Gasteiger partial charge is 0.369 e. The van der Waals surface area contributed by atoms with Crippen LogP contribution in [0.5, 0.6) is 0 Å². The normalized spacial score (nSPS) is 17.3. The maximum absolute atomic E-state index is 12.8. The van der Waals surface area contributed by atoms with Gasteiger partial charge in [0.2, 0.25) is 5.91 Å². The number of benzene rings is 1. The van der Waals surface area contributed by atoms with E-state index in [0.29, 0.717) is 23.5 Å². The van der Waals surface area contributed by atoms with Crippen LogP contribution in [0.2, 0.25) is 0 Å². The summed E-state index contributed by atoms with van der Waals surface area (Å²) in [4.78, 5) is 38.5. The summed E-state index contributed by atoms with van der Waals surface area (Å²) in [6.45, 7) is 0.987. The predicted octanol–water partition coefficient (Wildman–Crippen LogP) is 1.85. The smallest absolute Gasteiger partial charge is 0.258 e. The van der Waals surface area contributed by atoms with Crippen molar-refractivity contribution < 1.29 is 14.4 Å². The molecule has 7 heteroatoms. The van der Waals surface area contributed by atoms with Crippen molar-refractivity contribution in [2.45, 2.75) is 12.8 Å². The van der Waals surface area contributed by atoms with E-state index in [-0.39, 0.29) is 17.7 Å². The van der Waals surface area contributed by atoms with Crippen molar-refractivity contribution in [2.24, 2.45) is 17.4 Å². The van der Waals surface area contributed by atoms with E-state index in [4.69, 9.17) is 11.5 Å². The molecule has 25 heavy (non-hydrogen) atoms. The number of carbonyl (C=O) groups excluding carboxylic acids is 3. The molecule has 0 bridgehead atoms. The van der Waals surface area contributed by atoms with E-state index in [1.807, 2.05) is 18.2 Å². The maximum Gasteiger partial charge on any atom is 0.258 e. The Bertz CT molecular complexity index is 830. The van der Waals surface area contributed by atoms with E-state index in [0.717, 1.165) is 23.3 Å². The Balaban J connectivity index is 1.81. The molecular weight excluding hydrogens is 338 g/mol. The minimum atomic E-state index is -0.464. The maximum atomic E-state index is 12.8. The van der Waals surface area contributed by atoms with Gasteiger partial charge in [-0.3, -0.25) is 14.4 Å². The fourth-order valence-electron chi connectivity index (χ4n) is 3.01. The summed E-state index contributed by atoms with van der Waals surface area (Å²) in [5.41, 5.74) is 12.1. The Kier molecular flexibility index (Phi) is 4.85. The number of hydrogen-bond donors (Lipinski definition) is 2. The van der Waals surface area contributed by atoms with Crippen LogP contribution < -0.4 is 11.5 Å². The van der Waals surface area contributed by atoms with Crippen LogP contribution in [0.4, 0.5) is 0 Å². The number of amides is 3. The second-order valence-electron chi connectivity index (χ2n) is 6.10. The van der Waals surface area contributed by atoms with Crippen LogP contribution in [-0.4, -0.2) is 35.7 Å². The molecule has 1 aliphatic heterocycles. The molecular formula is C18H19N3O3S. The molecule has 6 nitrogen and oxygen atoms in total. The van der Waals surface area contributed by atoms with Crippen molar-refractivity contribution >= 4 is 29.1 Å². The lowest BCUT2D eigenvalue weighted by atomic mass is 9.96. The third-order valence-corrected chi connectivity index (χ3v) is 5.50. The summed E-state index contributed by atoms with van der Waals surface area (Å²) in [5, 5.41) is 0. The average molecular weight is 357 g/mol. The Morgan fingerprint density at radius 2 is 1.92 bits per heavy atom. The number of carbonyl (C=O) groups is 3. The Hall–Kier alpha value is -2.67. The third kappa shape index (κ3) is 3.71. The molecule has 2 aromatic rings. The second-order valence-corrected chi connectivity index (χ2v) is 7.19. The van der Waals surface area contributed by atoms with Gasteiger partial charge in [0.25, 0.3) is 11.8 Å². The number of hydrogen-bond acceptors (Lipinski definition) is 4. The first-order valence-electron chi connectivity index (χ1n) is 8.04. The highest BCUT2D eigenvalue weighted by Gasteiger charge is 2.27. The van der Waals surface area contributed by atoms with Crippen molar-refractivity contribution in [1.82, 2.24) is 4.90 Å². The van der Waals surface area contributed by atoms with E-state index in [2.05, 4.69) is 0 Å². The summed E-state index contributed by atoms with van der Waals surface area (Å²) in [7, 11) is 0. The van der Waals surface area contributed by atoms with Gasteiger partial charge in [0.15, 0.2) is 0 Å². The second kappa shape index (κ2) is 7.06. The van der Waals surface area contributed by atoms with Crippen LogP contribution in [-0.2, 0) is 4.79 Å². The number of nitrogens with two attached hydrogens (primary N) is 2. The quantitative estimate of drug-likeness (QED) is 0.872. The monoisotopic (exact) mass is 357 g/mol. The lowest BCUT2D eigenvalue weighted by Gasteiger charge is -2.31. The number of piperidine rings is 1. The van der Waals surface area contributed by atoms with Crippen LogP contribution in [0.25, 0.3) is 10.4 Å². The Morgan fingerprint density at radius 1 is 1.12 bits per heavy atom. The minimum absolute atomic E-state index is 0.112. The zero-order chi connectivity index (χ0) is 18.0. The van der Waals surface area contributed by atoms with Gasteiger partial charge in [-0.15, -0.1) is 11.3 Å². The first-order valence-corrected chi connectivity index (χ1v) is 8.86. The predicted molar refractivity (Wildman–Crippen MR) is 96.1 cm³/mol. The van der Waals surface area contributed by atoms with Gasteiger partial charge >= 0.3 is 0 Å². The zero-order valence-corrected chi connectivity index (χ0v) is 14.4. The molecule has 0 radical (unpaired) electrons. The van der Waals surface area contributed by atoms with Crippen LogP contribution >= 0.6 is 11.3 Å². The van der Waals surface area contributed by atoms with Crippen molar-refractivity contribution in [3.05, 3.63) is 46.8 Å². The Morgan fingerprint density at radius 3 is 2.60 bits per heavy atom. The number of primary amides is 2. The summed E-state index contributed by atoms with van der Waals surface area (Å²) in [5.74, 6) is -1.21. The van der Waals surface area contributed by atoms with E-state index in [1.165, 1.54) is 11.3 Å². The number of thiophene rings is 1. The van der Waals surface area contributed by atoms with Crippen LogP contribution in [0.15, 0.2) is 36.4 Å². The highest BCUT2D eigenvalue weighted by atomic mass is 32.1. The van der Waals surface area contributed by atoms with E-state index < -0.39 is 5.91 Å². The van der Waals surface area contributed by atoms with Crippen LogP contribution in [0.3, 0.4) is 0 Å². The van der Waals surface area contributed by atoms with Gasteiger partial charge in [-0.05, 0) is 42.7 Å². The SMILES string of the molecule is NC(=O)c1ccc(-c2cccc(C(=O)N3CCC[C@@H](C(N)=O)C3)c2)s1. The molecule has 1 aliphatic rings. The summed E-state index contributed by atoms with van der Waals surface area (Å²) in [6, 6.07) is 10.7. The lowest BCUT2D eigenvalue weighted by molar-refractivity contribution is -0.123. The van der Waals surface area contributed by atoms with E-state index in [1.54, 1.807) is 23.1 Å². The molecule has 1 fully saturated rings. The van der Waals surface area contributed by atoms with Crippen molar-refractivity contribution in [3.8, 4) is 10.4 Å². The van der Waals surface area contributed by atoms with E-state index >= 15 is 0 Å². The molecule has 3 rings (SSSR count). The van der Waals surface area contributed by atoms with Crippen molar-refractivity contribution in [1.29, 1.82) is 0 Å². The first-order chi connectivity index (χ1) is 12.0. The van der Waals surface area contributed by atoms with Gasteiger partial charge in [0, 0.05) is 23.5 Å². The highest BCUT2D eigenvalue weighted by Crippen LogP contribution is 2.29. The van der Waals surface area contributed by atoms with E-state index in [9.17, 15) is 14.4 Å². The molecule has 0 aliphatic carbocycles. The number of rotatable bonds is 4. The molecule has 1 saturated heterocycles. The molecule has 2 heterocycles. The summed E-state index contributed by atoms with van der Waals surface area (Å²) >= 11 is 1.29. The molecule has 4 N–H and O–H groups in total. The van der Waals surface area contributed by atoms with Gasteiger partial charge in [-0.2, -0.15) is 0 Å². The number of likely N-dealkylation sites (tertiary alicyclic amines) is 1. The average Bonchev–Trinajstić information content (AvgIpc) is 3.12. The molecule has 0 saturated carbocycles. The minimum Gasteiger partial charge on any atom is -0.369 e. The van der Waals surface area contributed by atoms with Gasteiger partial charge in [0.05, 0.1) is 10.8 Å². The first kappa shape index (κ1) is 17.2. The summed E-state index contributed by atoms with van der Waals surface area (Å²) in [6.07, 6.45) is 1.50. The standard InChI is InChI=1S/C18H19N3O3S/c19-16(22)13-5-2-8-21(10-13)18(24)12-4-1-3-11(9-12)14-6-7-15(25-14)17(20)23/h1,3-4,6-7,9,13H,2,5,8,10H2,(H2,19,22)(H2,20,23)/t13-/m1/s1. The van der Waals surface area contributed by atoms with Gasteiger partial charge < -0.3 is 16.4 Å². The molecule has 3 amide bonds. The van der Waals surface area contributed by atoms with Gasteiger partial charge in [-0.25, -0.2) is 0 Å². The molecule has 1 aromatic carbocycles. The van der Waals surface area contributed by atoms with Crippen molar-refractivity contribution in [3.63, 3.8) is 0 Å². The van der Waals surface area contributed by atoms with Crippen molar-refractivity contribution in [2.75, 3.05) is 13.1 Å². The zero-order valence-electron chi connectivity index (χ0n) is 13.6. The Labute approximate surface area is 149 Å². The molecule has 1 aromatic heterocycles. The fraction of sp³-hybridized carbons (Fsp3) is 0.278. The third-order valence-electron chi connectivity index (χ3n) is 4.35. The molecule has 0 spiro atoms. The fourth-order valence-corrected chi connectivity index (χ4v) is 3.86. The molecule has 130 valence electrons. The molecule has 0 unspecified atom stereocenters. The van der Waals surface area contributed by atoms with Crippen LogP contribution in [0, 0.1) is 5.92 Å². The molecule has 1 atom stereocenters. The van der Waals surface area contributed by atoms with Gasteiger partial charge in [-0.1, -0.05) is 12.1 Å². The lowest BCUT2D eigenvalue weighted by Crippen LogP contribution is -2.44. The highest BCUT2D eigenvalue weighted by molar-refractivity contribution is 7.17.